The molecule has 0 radical (unpaired) electrons. The average Bonchev–Trinajstić information content (AvgIpc) is 2.52. The SMILES string of the molecule is CCC(=O)C1=C(O)c2cc(OC)ccc2C[C@H]1C(=O)OC. The molecule has 0 saturated heterocycles. The van der Waals surface area contributed by atoms with Crippen molar-refractivity contribution in [2.75, 3.05) is 14.2 Å². The molecule has 1 aliphatic carbocycles. The van der Waals surface area contributed by atoms with Crippen molar-refractivity contribution in [3.63, 3.8) is 0 Å². The molecule has 1 aromatic carbocycles. The molecule has 0 spiro atoms. The maximum atomic E-state index is 12.1. The van der Waals surface area contributed by atoms with E-state index >= 15 is 0 Å². The minimum atomic E-state index is -0.761. The number of benzene rings is 1. The van der Waals surface area contributed by atoms with Gasteiger partial charge in [-0.05, 0) is 24.1 Å². The van der Waals surface area contributed by atoms with E-state index < -0.39 is 11.9 Å². The summed E-state index contributed by atoms with van der Waals surface area (Å²) in [5.41, 5.74) is 1.45. The number of rotatable bonds is 4. The van der Waals surface area contributed by atoms with Crippen molar-refractivity contribution in [2.24, 2.45) is 5.92 Å². The van der Waals surface area contributed by atoms with E-state index in [9.17, 15) is 14.7 Å². The highest BCUT2D eigenvalue weighted by Gasteiger charge is 2.36. The summed E-state index contributed by atoms with van der Waals surface area (Å²) in [5, 5.41) is 10.5. The number of Topliss-reactive ketones (excluding diaryl/α,β-unsaturated/α-hetero) is 1. The van der Waals surface area contributed by atoms with Crippen molar-refractivity contribution in [1.29, 1.82) is 0 Å². The Balaban J connectivity index is 2.60. The summed E-state index contributed by atoms with van der Waals surface area (Å²) in [7, 11) is 2.80. The van der Waals surface area contributed by atoms with Gasteiger partial charge in [-0.15, -0.1) is 0 Å². The van der Waals surface area contributed by atoms with Crippen LogP contribution in [0.25, 0.3) is 5.76 Å². The van der Waals surface area contributed by atoms with E-state index in [4.69, 9.17) is 9.47 Å². The molecule has 0 aromatic heterocycles. The van der Waals surface area contributed by atoms with Gasteiger partial charge in [0.2, 0.25) is 0 Å². The van der Waals surface area contributed by atoms with Crippen molar-refractivity contribution in [3.05, 3.63) is 34.9 Å². The fraction of sp³-hybridized carbons (Fsp3) is 0.375. The van der Waals surface area contributed by atoms with Gasteiger partial charge >= 0.3 is 5.97 Å². The van der Waals surface area contributed by atoms with Crippen LogP contribution in [0.4, 0.5) is 0 Å². The molecule has 112 valence electrons. The molecule has 21 heavy (non-hydrogen) atoms. The predicted molar refractivity (Wildman–Crippen MR) is 77.1 cm³/mol. The number of hydrogen-bond donors (Lipinski definition) is 1. The molecule has 1 aromatic rings. The van der Waals surface area contributed by atoms with E-state index in [-0.39, 0.29) is 23.5 Å². The maximum absolute atomic E-state index is 12.1. The first-order valence-corrected chi connectivity index (χ1v) is 6.74. The van der Waals surface area contributed by atoms with E-state index in [1.54, 1.807) is 25.1 Å². The van der Waals surface area contributed by atoms with E-state index in [2.05, 4.69) is 0 Å². The molecule has 1 atom stereocenters. The summed E-state index contributed by atoms with van der Waals surface area (Å²) in [6, 6.07) is 5.21. The topological polar surface area (TPSA) is 72.8 Å². The Hall–Kier alpha value is -2.30. The molecule has 2 rings (SSSR count). The van der Waals surface area contributed by atoms with Crippen LogP contribution >= 0.6 is 0 Å². The molecule has 5 nitrogen and oxygen atoms in total. The minimum absolute atomic E-state index is 0.130. The zero-order chi connectivity index (χ0) is 15.6. The Morgan fingerprint density at radius 1 is 1.33 bits per heavy atom. The van der Waals surface area contributed by atoms with E-state index in [1.807, 2.05) is 0 Å². The first-order chi connectivity index (χ1) is 10.0. The number of esters is 1. The Morgan fingerprint density at radius 2 is 2.05 bits per heavy atom. The third-order valence-corrected chi connectivity index (χ3v) is 3.71. The normalized spacial score (nSPS) is 17.2. The number of ketones is 1. The lowest BCUT2D eigenvalue weighted by molar-refractivity contribution is -0.145. The molecule has 0 amide bonds. The molecule has 0 unspecified atom stereocenters. The highest BCUT2D eigenvalue weighted by molar-refractivity contribution is 6.06. The number of carbonyl (C=O) groups excluding carboxylic acids is 2. The van der Waals surface area contributed by atoms with Crippen LogP contribution in [0.15, 0.2) is 23.8 Å². The Kier molecular flexibility index (Phi) is 4.31. The number of fused-ring (bicyclic) bond motifs is 1. The summed E-state index contributed by atoms with van der Waals surface area (Å²) >= 11 is 0. The minimum Gasteiger partial charge on any atom is -0.507 e. The first kappa shape index (κ1) is 15.1. The lowest BCUT2D eigenvalue weighted by Gasteiger charge is -2.25. The van der Waals surface area contributed by atoms with Crippen LogP contribution in [-0.2, 0) is 20.7 Å². The Labute approximate surface area is 123 Å². The molecule has 0 saturated carbocycles. The number of methoxy groups -OCH3 is 2. The zero-order valence-corrected chi connectivity index (χ0v) is 12.3. The summed E-state index contributed by atoms with van der Waals surface area (Å²) in [6.45, 7) is 1.69. The van der Waals surface area contributed by atoms with Crippen molar-refractivity contribution in [2.45, 2.75) is 19.8 Å². The lowest BCUT2D eigenvalue weighted by Crippen LogP contribution is -2.29. The first-order valence-electron chi connectivity index (χ1n) is 6.74. The van der Waals surface area contributed by atoms with Crippen molar-refractivity contribution >= 4 is 17.5 Å². The van der Waals surface area contributed by atoms with Gasteiger partial charge in [-0.3, -0.25) is 9.59 Å². The van der Waals surface area contributed by atoms with E-state index in [0.29, 0.717) is 17.7 Å². The number of ether oxygens (including phenoxy) is 2. The highest BCUT2D eigenvalue weighted by atomic mass is 16.5. The number of aliphatic hydroxyl groups is 1. The van der Waals surface area contributed by atoms with Crippen LogP contribution in [0.5, 0.6) is 5.75 Å². The van der Waals surface area contributed by atoms with Gasteiger partial charge in [-0.1, -0.05) is 13.0 Å². The molecule has 0 aliphatic heterocycles. The van der Waals surface area contributed by atoms with Gasteiger partial charge in [0.1, 0.15) is 11.5 Å². The largest absolute Gasteiger partial charge is 0.507 e. The average molecular weight is 290 g/mol. The van der Waals surface area contributed by atoms with Gasteiger partial charge in [0.15, 0.2) is 5.78 Å². The van der Waals surface area contributed by atoms with E-state index in [1.165, 1.54) is 14.2 Å². The molecule has 5 heteroatoms. The molecule has 0 fully saturated rings. The fourth-order valence-corrected chi connectivity index (χ4v) is 2.57. The van der Waals surface area contributed by atoms with Crippen LogP contribution in [0, 0.1) is 5.92 Å². The summed E-state index contributed by atoms with van der Waals surface area (Å²) < 4.78 is 9.90. The number of carbonyl (C=O) groups is 2. The zero-order valence-electron chi connectivity index (χ0n) is 12.3. The van der Waals surface area contributed by atoms with Crippen LogP contribution in [-0.4, -0.2) is 31.1 Å². The van der Waals surface area contributed by atoms with Crippen molar-refractivity contribution < 1.29 is 24.2 Å². The van der Waals surface area contributed by atoms with Gasteiger partial charge in [0.25, 0.3) is 0 Å². The van der Waals surface area contributed by atoms with E-state index in [0.717, 1.165) is 5.56 Å². The summed E-state index contributed by atoms with van der Waals surface area (Å²) in [5.74, 6) is -1.10. The monoisotopic (exact) mass is 290 g/mol. The standard InChI is InChI=1S/C16H18O5/c1-4-13(17)14-12(16(19)21-3)7-9-5-6-10(20-2)8-11(9)15(14)18/h5-6,8,12,18H,4,7H2,1-3H3/t12-/m1/s1. The van der Waals surface area contributed by atoms with Crippen LogP contribution in [0.3, 0.4) is 0 Å². The summed E-state index contributed by atoms with van der Waals surface area (Å²) in [4.78, 5) is 24.0. The molecule has 0 heterocycles. The van der Waals surface area contributed by atoms with Crippen molar-refractivity contribution in [3.8, 4) is 5.75 Å². The quantitative estimate of drug-likeness (QED) is 0.861. The highest BCUT2D eigenvalue weighted by Crippen LogP contribution is 2.36. The molecule has 1 N–H and O–H groups in total. The number of hydrogen-bond acceptors (Lipinski definition) is 5. The molecular formula is C16H18O5. The van der Waals surface area contributed by atoms with Crippen LogP contribution < -0.4 is 4.74 Å². The van der Waals surface area contributed by atoms with Crippen molar-refractivity contribution in [1.82, 2.24) is 0 Å². The van der Waals surface area contributed by atoms with Gasteiger partial charge < -0.3 is 14.6 Å². The van der Waals surface area contributed by atoms with Gasteiger partial charge in [-0.25, -0.2) is 0 Å². The summed E-state index contributed by atoms with van der Waals surface area (Å²) in [6.07, 6.45) is 0.545. The fourth-order valence-electron chi connectivity index (χ4n) is 2.57. The third kappa shape index (κ3) is 2.63. The van der Waals surface area contributed by atoms with Crippen LogP contribution in [0.1, 0.15) is 24.5 Å². The molecule has 0 bridgehead atoms. The maximum Gasteiger partial charge on any atom is 0.313 e. The smallest absolute Gasteiger partial charge is 0.313 e. The van der Waals surface area contributed by atoms with Crippen LogP contribution in [0.2, 0.25) is 0 Å². The second-order valence-corrected chi connectivity index (χ2v) is 4.84. The molecular weight excluding hydrogens is 272 g/mol. The Morgan fingerprint density at radius 3 is 2.62 bits per heavy atom. The molecule has 1 aliphatic rings. The number of aliphatic hydroxyl groups excluding tert-OH is 1. The van der Waals surface area contributed by atoms with Gasteiger partial charge in [0.05, 0.1) is 25.7 Å². The van der Waals surface area contributed by atoms with Gasteiger partial charge in [-0.2, -0.15) is 0 Å². The lowest BCUT2D eigenvalue weighted by atomic mass is 9.80. The second kappa shape index (κ2) is 5.99. The third-order valence-electron chi connectivity index (χ3n) is 3.71. The predicted octanol–water partition coefficient (Wildman–Crippen LogP) is 2.29. The second-order valence-electron chi connectivity index (χ2n) is 4.84. The Bertz CT molecular complexity index is 615. The van der Waals surface area contributed by atoms with Gasteiger partial charge in [0, 0.05) is 12.0 Å².